The Morgan fingerprint density at radius 2 is 2.24 bits per heavy atom. The summed E-state index contributed by atoms with van der Waals surface area (Å²) in [6.07, 6.45) is 0.874. The Labute approximate surface area is 109 Å². The summed E-state index contributed by atoms with van der Waals surface area (Å²) < 4.78 is 5.24. The van der Waals surface area contributed by atoms with Crippen LogP contribution in [0.2, 0.25) is 0 Å². The number of benzene rings is 1. The summed E-state index contributed by atoms with van der Waals surface area (Å²) >= 11 is 3.07. The molecule has 0 unspecified atom stereocenters. The zero-order valence-corrected chi connectivity index (χ0v) is 11.4. The van der Waals surface area contributed by atoms with E-state index in [4.69, 9.17) is 5.11 Å². The minimum Gasteiger partial charge on any atom is -0.392 e. The van der Waals surface area contributed by atoms with Crippen molar-refractivity contribution >= 4 is 23.3 Å². The van der Waals surface area contributed by atoms with Crippen molar-refractivity contribution in [1.29, 1.82) is 0 Å². The maximum absolute atomic E-state index is 9.05. The minimum atomic E-state index is 0.0879. The van der Waals surface area contributed by atoms with Crippen LogP contribution < -0.4 is 0 Å². The number of nitrogens with zero attached hydrogens (tertiary/aromatic N) is 2. The smallest absolute Gasteiger partial charge is 0.174 e. The molecule has 17 heavy (non-hydrogen) atoms. The maximum atomic E-state index is 9.05. The van der Waals surface area contributed by atoms with Crippen LogP contribution in [0.3, 0.4) is 0 Å². The summed E-state index contributed by atoms with van der Waals surface area (Å²) in [5.74, 6) is 0.905. The molecule has 90 valence electrons. The first kappa shape index (κ1) is 12.5. The summed E-state index contributed by atoms with van der Waals surface area (Å²) in [7, 11) is 0. The number of hydrogen-bond donors (Lipinski definition) is 1. The van der Waals surface area contributed by atoms with E-state index >= 15 is 0 Å². The lowest BCUT2D eigenvalue weighted by molar-refractivity contribution is 0.281. The fraction of sp³-hybridized carbons (Fsp3) is 0.333. The van der Waals surface area contributed by atoms with Gasteiger partial charge in [0.2, 0.25) is 0 Å². The van der Waals surface area contributed by atoms with Crippen LogP contribution in [0.1, 0.15) is 23.9 Å². The molecule has 0 aliphatic rings. The third-order valence-electron chi connectivity index (χ3n) is 2.38. The summed E-state index contributed by atoms with van der Waals surface area (Å²) in [5.41, 5.74) is 2.10. The van der Waals surface area contributed by atoms with Crippen LogP contribution >= 0.6 is 23.3 Å². The lowest BCUT2D eigenvalue weighted by atomic mass is 10.1. The summed E-state index contributed by atoms with van der Waals surface area (Å²) in [4.78, 5) is 5.60. The Morgan fingerprint density at radius 3 is 2.82 bits per heavy atom. The highest BCUT2D eigenvalue weighted by Gasteiger charge is 2.07. The van der Waals surface area contributed by atoms with Gasteiger partial charge in [0.25, 0.3) is 0 Å². The standard InChI is InChI=1S/C12H14N2OS2/c1-3-11-13-12(17-14-11)16-10-5-4-9(7-15)6-8(10)2/h4-6,15H,3,7H2,1-2H3. The van der Waals surface area contributed by atoms with Gasteiger partial charge in [0.1, 0.15) is 5.82 Å². The molecular formula is C12H14N2OS2. The molecule has 0 aliphatic heterocycles. The van der Waals surface area contributed by atoms with Crippen molar-refractivity contribution in [3.63, 3.8) is 0 Å². The summed E-state index contributed by atoms with van der Waals surface area (Å²) in [5, 5.41) is 9.05. The van der Waals surface area contributed by atoms with Gasteiger partial charge in [-0.3, -0.25) is 0 Å². The molecule has 0 bridgehead atoms. The second-order valence-corrected chi connectivity index (χ2v) is 5.73. The molecule has 1 N–H and O–H groups in total. The fourth-order valence-electron chi connectivity index (χ4n) is 1.44. The normalized spacial score (nSPS) is 10.8. The molecule has 3 nitrogen and oxygen atoms in total. The Hall–Kier alpha value is -0.910. The predicted molar refractivity (Wildman–Crippen MR) is 70.5 cm³/mol. The maximum Gasteiger partial charge on any atom is 0.174 e. The Bertz CT molecular complexity index is 511. The fourth-order valence-corrected chi connectivity index (χ4v) is 3.17. The van der Waals surface area contributed by atoms with Crippen molar-refractivity contribution < 1.29 is 5.11 Å². The lowest BCUT2D eigenvalue weighted by Crippen LogP contribution is -1.86. The van der Waals surface area contributed by atoms with E-state index in [0.29, 0.717) is 0 Å². The van der Waals surface area contributed by atoms with Crippen molar-refractivity contribution in [2.75, 3.05) is 0 Å². The van der Waals surface area contributed by atoms with E-state index in [1.54, 1.807) is 11.8 Å². The molecule has 0 aliphatic carbocycles. The molecule has 0 saturated carbocycles. The van der Waals surface area contributed by atoms with E-state index in [2.05, 4.69) is 16.3 Å². The van der Waals surface area contributed by atoms with E-state index in [9.17, 15) is 0 Å². The third-order valence-corrected chi connectivity index (χ3v) is 4.35. The van der Waals surface area contributed by atoms with Crippen molar-refractivity contribution in [1.82, 2.24) is 9.36 Å². The number of rotatable bonds is 4. The zero-order valence-electron chi connectivity index (χ0n) is 9.80. The molecule has 1 heterocycles. The van der Waals surface area contributed by atoms with Crippen LogP contribution in [-0.4, -0.2) is 14.5 Å². The van der Waals surface area contributed by atoms with Crippen molar-refractivity contribution in [3.05, 3.63) is 35.2 Å². The molecule has 1 aromatic carbocycles. The predicted octanol–water partition coefficient (Wildman–Crippen LogP) is 3.05. The first-order valence-electron chi connectivity index (χ1n) is 5.43. The van der Waals surface area contributed by atoms with E-state index in [0.717, 1.165) is 27.7 Å². The number of aliphatic hydroxyl groups is 1. The first-order chi connectivity index (χ1) is 8.22. The van der Waals surface area contributed by atoms with Gasteiger partial charge in [-0.15, -0.1) is 0 Å². The van der Waals surface area contributed by atoms with Crippen molar-refractivity contribution in [2.24, 2.45) is 0 Å². The van der Waals surface area contributed by atoms with Crippen LogP contribution in [0, 0.1) is 6.92 Å². The number of hydrogen-bond acceptors (Lipinski definition) is 5. The molecule has 0 spiro atoms. The van der Waals surface area contributed by atoms with E-state index in [1.165, 1.54) is 16.4 Å². The van der Waals surface area contributed by atoms with Crippen LogP contribution in [0.5, 0.6) is 0 Å². The molecule has 0 saturated heterocycles. The highest BCUT2D eigenvalue weighted by molar-refractivity contribution is 8.01. The molecule has 2 aromatic rings. The van der Waals surface area contributed by atoms with E-state index in [-0.39, 0.29) is 6.61 Å². The molecule has 2 rings (SSSR count). The monoisotopic (exact) mass is 266 g/mol. The van der Waals surface area contributed by atoms with E-state index in [1.807, 2.05) is 25.1 Å². The van der Waals surface area contributed by atoms with Crippen molar-refractivity contribution in [3.8, 4) is 0 Å². The van der Waals surface area contributed by atoms with Crippen LogP contribution in [0.15, 0.2) is 27.4 Å². The first-order valence-corrected chi connectivity index (χ1v) is 7.02. The molecule has 1 aromatic heterocycles. The Balaban J connectivity index is 2.18. The van der Waals surface area contributed by atoms with Gasteiger partial charge >= 0.3 is 0 Å². The highest BCUT2D eigenvalue weighted by atomic mass is 32.2. The van der Waals surface area contributed by atoms with Gasteiger partial charge in [-0.25, -0.2) is 4.98 Å². The average Bonchev–Trinajstić information content (AvgIpc) is 2.79. The van der Waals surface area contributed by atoms with Crippen LogP contribution in [-0.2, 0) is 13.0 Å². The van der Waals surface area contributed by atoms with Gasteiger partial charge in [0.15, 0.2) is 4.34 Å². The van der Waals surface area contributed by atoms with Gasteiger partial charge in [0.05, 0.1) is 6.61 Å². The Kier molecular flexibility index (Phi) is 4.15. The quantitative estimate of drug-likeness (QED) is 0.924. The topological polar surface area (TPSA) is 46.0 Å². The molecule has 0 atom stereocenters. The lowest BCUT2D eigenvalue weighted by Gasteiger charge is -2.04. The van der Waals surface area contributed by atoms with E-state index < -0.39 is 0 Å². The van der Waals surface area contributed by atoms with Crippen LogP contribution in [0.25, 0.3) is 0 Å². The third kappa shape index (κ3) is 3.06. The number of aromatic nitrogens is 2. The van der Waals surface area contributed by atoms with Gasteiger partial charge in [-0.1, -0.05) is 30.8 Å². The minimum absolute atomic E-state index is 0.0879. The Morgan fingerprint density at radius 1 is 1.41 bits per heavy atom. The second kappa shape index (κ2) is 5.62. The number of aliphatic hydroxyl groups excluding tert-OH is 1. The molecule has 0 radical (unpaired) electrons. The van der Waals surface area contributed by atoms with Crippen LogP contribution in [0.4, 0.5) is 0 Å². The average molecular weight is 266 g/mol. The van der Waals surface area contributed by atoms with Gasteiger partial charge < -0.3 is 5.11 Å². The van der Waals surface area contributed by atoms with Gasteiger partial charge in [-0.05, 0) is 35.6 Å². The van der Waals surface area contributed by atoms with Gasteiger partial charge in [-0.2, -0.15) is 4.37 Å². The molecule has 5 heteroatoms. The van der Waals surface area contributed by atoms with Gasteiger partial charge in [0, 0.05) is 11.3 Å². The highest BCUT2D eigenvalue weighted by Crippen LogP contribution is 2.31. The number of aryl methyl sites for hydroxylation is 2. The largest absolute Gasteiger partial charge is 0.392 e. The summed E-state index contributed by atoms with van der Waals surface area (Å²) in [6, 6.07) is 5.97. The molecule has 0 fully saturated rings. The molecular weight excluding hydrogens is 252 g/mol. The second-order valence-electron chi connectivity index (χ2n) is 3.69. The zero-order chi connectivity index (χ0) is 12.3. The summed E-state index contributed by atoms with van der Waals surface area (Å²) in [6.45, 7) is 4.19. The molecule has 0 amide bonds. The van der Waals surface area contributed by atoms with Crippen molar-refractivity contribution in [2.45, 2.75) is 36.1 Å². The SMILES string of the molecule is CCc1nsc(Sc2ccc(CO)cc2C)n1.